The van der Waals surface area contributed by atoms with Crippen LogP contribution in [0.5, 0.6) is 11.5 Å². The minimum atomic E-state index is -0.639. The van der Waals surface area contributed by atoms with E-state index in [9.17, 15) is 9.59 Å². The zero-order valence-corrected chi connectivity index (χ0v) is 16.2. The van der Waals surface area contributed by atoms with E-state index in [0.717, 1.165) is 11.5 Å². The van der Waals surface area contributed by atoms with Crippen LogP contribution in [-0.4, -0.2) is 45.0 Å². The molecule has 6 nitrogen and oxygen atoms in total. The van der Waals surface area contributed by atoms with E-state index in [0.29, 0.717) is 12.3 Å². The lowest BCUT2D eigenvalue weighted by molar-refractivity contribution is -0.124. The third-order valence-electron chi connectivity index (χ3n) is 3.64. The fraction of sp³-hybridized carbons (Fsp3) is 0.300. The lowest BCUT2D eigenvalue weighted by Crippen LogP contribution is -2.30. The van der Waals surface area contributed by atoms with E-state index >= 15 is 0 Å². The molecule has 0 atom stereocenters. The maximum atomic E-state index is 12.2. The third kappa shape index (κ3) is 6.53. The van der Waals surface area contributed by atoms with Crippen molar-refractivity contribution in [2.75, 3.05) is 33.1 Å². The van der Waals surface area contributed by atoms with Crippen LogP contribution >= 0.6 is 11.8 Å². The largest absolute Gasteiger partial charge is 0.493 e. The highest BCUT2D eigenvalue weighted by molar-refractivity contribution is 7.98. The molecule has 0 heterocycles. The maximum absolute atomic E-state index is 12.2. The first kappa shape index (κ1) is 20.6. The van der Waals surface area contributed by atoms with Crippen LogP contribution in [-0.2, 0) is 15.3 Å². The number of carbonyl (C=O) groups excluding carboxylic acids is 2. The van der Waals surface area contributed by atoms with Gasteiger partial charge in [0.15, 0.2) is 18.1 Å². The van der Waals surface area contributed by atoms with Gasteiger partial charge in [-0.25, -0.2) is 4.79 Å². The molecule has 2 rings (SSSR count). The van der Waals surface area contributed by atoms with E-state index in [2.05, 4.69) is 17.4 Å². The van der Waals surface area contributed by atoms with Crippen LogP contribution in [0.2, 0.25) is 0 Å². The molecule has 144 valence electrons. The number of nitrogens with one attached hydrogen (secondary N) is 1. The molecule has 7 heteroatoms. The van der Waals surface area contributed by atoms with E-state index in [-0.39, 0.29) is 23.8 Å². The Morgan fingerprint density at radius 2 is 1.78 bits per heavy atom. The number of hydrogen-bond donors (Lipinski definition) is 1. The van der Waals surface area contributed by atoms with Crippen LogP contribution in [0, 0.1) is 0 Å². The highest BCUT2D eigenvalue weighted by Crippen LogP contribution is 2.31. The second kappa shape index (κ2) is 11.1. The second-order valence-electron chi connectivity index (χ2n) is 5.51. The molecular weight excluding hydrogens is 366 g/mol. The molecule has 0 aliphatic heterocycles. The van der Waals surface area contributed by atoms with Gasteiger partial charge in [-0.05, 0) is 17.7 Å². The summed E-state index contributed by atoms with van der Waals surface area (Å²) >= 11 is 1.73. The summed E-state index contributed by atoms with van der Waals surface area (Å²) in [6.45, 7) is 0.166. The molecular formula is C20H23NO5S. The summed E-state index contributed by atoms with van der Waals surface area (Å²) in [5.41, 5.74) is 1.46. The minimum absolute atomic E-state index is 0.211. The number of methoxy groups -OCH3 is 2. The van der Waals surface area contributed by atoms with Crippen LogP contribution in [0.25, 0.3) is 0 Å². The fourth-order valence-corrected chi connectivity index (χ4v) is 3.15. The van der Waals surface area contributed by atoms with Gasteiger partial charge < -0.3 is 19.5 Å². The minimum Gasteiger partial charge on any atom is -0.493 e. The van der Waals surface area contributed by atoms with E-state index in [4.69, 9.17) is 14.2 Å². The highest BCUT2D eigenvalue weighted by Gasteiger charge is 2.18. The number of para-hydroxylation sites is 1. The average Bonchev–Trinajstić information content (AvgIpc) is 2.71. The van der Waals surface area contributed by atoms with Crippen molar-refractivity contribution in [1.29, 1.82) is 0 Å². The Morgan fingerprint density at radius 1 is 1.00 bits per heavy atom. The predicted octanol–water partition coefficient (Wildman–Crippen LogP) is 2.91. The summed E-state index contributed by atoms with van der Waals surface area (Å²) in [6, 6.07) is 15.0. The van der Waals surface area contributed by atoms with E-state index in [1.54, 1.807) is 30.0 Å². The molecule has 1 N–H and O–H groups in total. The van der Waals surface area contributed by atoms with Crippen LogP contribution < -0.4 is 14.8 Å². The molecule has 0 saturated heterocycles. The second-order valence-corrected chi connectivity index (χ2v) is 6.61. The average molecular weight is 389 g/mol. The first-order valence-electron chi connectivity index (χ1n) is 8.42. The quantitative estimate of drug-likeness (QED) is 0.498. The summed E-state index contributed by atoms with van der Waals surface area (Å²) in [6.07, 6.45) is 0. The molecule has 0 aromatic heterocycles. The smallest absolute Gasteiger partial charge is 0.342 e. The van der Waals surface area contributed by atoms with Gasteiger partial charge in [-0.2, -0.15) is 11.8 Å². The summed E-state index contributed by atoms with van der Waals surface area (Å²) in [5, 5.41) is 2.73. The molecule has 1 amide bonds. The molecule has 0 saturated carbocycles. The van der Waals surface area contributed by atoms with Crippen LogP contribution in [0.3, 0.4) is 0 Å². The van der Waals surface area contributed by atoms with Gasteiger partial charge in [0.1, 0.15) is 5.56 Å². The molecule has 2 aromatic carbocycles. The molecule has 0 radical (unpaired) electrons. The van der Waals surface area contributed by atoms with E-state index in [1.807, 2.05) is 18.2 Å². The standard InChI is InChI=1S/C20H23NO5S/c1-24-17-10-6-9-16(19(17)25-2)20(23)26-13-18(22)21-11-12-27-14-15-7-4-3-5-8-15/h3-10H,11-14H2,1-2H3,(H,21,22). The summed E-state index contributed by atoms with van der Waals surface area (Å²) in [5.74, 6) is 1.39. The number of esters is 1. The number of carbonyl (C=O) groups is 2. The first-order chi connectivity index (χ1) is 13.2. The van der Waals surface area contributed by atoms with Gasteiger partial charge in [0, 0.05) is 18.1 Å². The topological polar surface area (TPSA) is 73.9 Å². The molecule has 27 heavy (non-hydrogen) atoms. The lowest BCUT2D eigenvalue weighted by Gasteiger charge is -2.12. The highest BCUT2D eigenvalue weighted by atomic mass is 32.2. The third-order valence-corrected chi connectivity index (χ3v) is 4.67. The van der Waals surface area contributed by atoms with Crippen molar-refractivity contribution in [3.05, 3.63) is 59.7 Å². The zero-order chi connectivity index (χ0) is 19.5. The molecule has 0 bridgehead atoms. The number of rotatable bonds is 10. The predicted molar refractivity (Wildman–Crippen MR) is 105 cm³/mol. The van der Waals surface area contributed by atoms with Crippen molar-refractivity contribution in [3.63, 3.8) is 0 Å². The molecule has 0 spiro atoms. The SMILES string of the molecule is COc1cccc(C(=O)OCC(=O)NCCSCc2ccccc2)c1OC. The van der Waals surface area contributed by atoms with Crippen molar-refractivity contribution >= 4 is 23.6 Å². The number of amides is 1. The Balaban J connectivity index is 1.70. The van der Waals surface area contributed by atoms with Crippen LogP contribution in [0.15, 0.2) is 48.5 Å². The van der Waals surface area contributed by atoms with Crippen molar-refractivity contribution in [1.82, 2.24) is 5.32 Å². The molecule has 0 aliphatic carbocycles. The van der Waals surface area contributed by atoms with Gasteiger partial charge in [-0.3, -0.25) is 4.79 Å². The number of hydrogen-bond acceptors (Lipinski definition) is 6. The Kier molecular flexibility index (Phi) is 8.51. The summed E-state index contributed by atoms with van der Waals surface area (Å²) in [4.78, 5) is 24.0. The van der Waals surface area contributed by atoms with Crippen LogP contribution in [0.4, 0.5) is 0 Å². The Hall–Kier alpha value is -2.67. The van der Waals surface area contributed by atoms with Crippen molar-refractivity contribution < 1.29 is 23.8 Å². The summed E-state index contributed by atoms with van der Waals surface area (Å²) in [7, 11) is 2.92. The van der Waals surface area contributed by atoms with Gasteiger partial charge in [-0.1, -0.05) is 36.4 Å². The molecule has 0 fully saturated rings. The van der Waals surface area contributed by atoms with Gasteiger partial charge in [-0.15, -0.1) is 0 Å². The van der Waals surface area contributed by atoms with Crippen molar-refractivity contribution in [2.45, 2.75) is 5.75 Å². The van der Waals surface area contributed by atoms with E-state index in [1.165, 1.54) is 19.8 Å². The van der Waals surface area contributed by atoms with Gasteiger partial charge >= 0.3 is 5.97 Å². The maximum Gasteiger partial charge on any atom is 0.342 e. The number of benzene rings is 2. The molecule has 2 aromatic rings. The molecule has 0 aliphatic rings. The number of thioether (sulfide) groups is 1. The Labute approximate surface area is 163 Å². The van der Waals surface area contributed by atoms with Crippen LogP contribution in [0.1, 0.15) is 15.9 Å². The van der Waals surface area contributed by atoms with Gasteiger partial charge in [0.25, 0.3) is 5.91 Å². The van der Waals surface area contributed by atoms with Gasteiger partial charge in [0.05, 0.1) is 14.2 Å². The zero-order valence-electron chi connectivity index (χ0n) is 15.4. The normalized spacial score (nSPS) is 10.1. The molecule has 0 unspecified atom stereocenters. The Morgan fingerprint density at radius 3 is 2.48 bits per heavy atom. The van der Waals surface area contributed by atoms with E-state index < -0.39 is 5.97 Å². The summed E-state index contributed by atoms with van der Waals surface area (Å²) < 4.78 is 15.4. The monoisotopic (exact) mass is 389 g/mol. The number of ether oxygens (including phenoxy) is 3. The van der Waals surface area contributed by atoms with Crippen molar-refractivity contribution in [3.8, 4) is 11.5 Å². The first-order valence-corrected chi connectivity index (χ1v) is 9.57. The fourth-order valence-electron chi connectivity index (χ4n) is 2.33. The van der Waals surface area contributed by atoms with Gasteiger partial charge in [0.2, 0.25) is 0 Å². The van der Waals surface area contributed by atoms with Crippen molar-refractivity contribution in [2.24, 2.45) is 0 Å². The Bertz CT molecular complexity index is 751. The lowest BCUT2D eigenvalue weighted by atomic mass is 10.2.